The standard InChI is InChI=1S/C27H34ClN7O2/c28-24-17-23(4-1-19(24)18-29)37-22-5-2-20(3-6-22)31-27(36)25-7-8-26(33-32-25)35-13-9-21(10-14-35)34-15-11-30-12-16-34/h1,4,7-8,17,20-22,30H,2-3,5-6,9-16H2,(H,31,36)/t20-,22-. The summed E-state index contributed by atoms with van der Waals surface area (Å²) in [6, 6.07) is 11.6. The third-order valence-corrected chi connectivity index (χ3v) is 8.03. The number of nitrogens with zero attached hydrogens (tertiary/aromatic N) is 5. The van der Waals surface area contributed by atoms with Gasteiger partial charge in [0, 0.05) is 57.4 Å². The molecule has 37 heavy (non-hydrogen) atoms. The van der Waals surface area contributed by atoms with E-state index in [0.29, 0.717) is 28.1 Å². The maximum Gasteiger partial charge on any atom is 0.272 e. The molecule has 3 aliphatic rings. The molecule has 3 heterocycles. The van der Waals surface area contributed by atoms with Gasteiger partial charge < -0.3 is 20.3 Å². The minimum absolute atomic E-state index is 0.0620. The van der Waals surface area contributed by atoms with Crippen LogP contribution in [0.1, 0.15) is 54.6 Å². The first-order valence-electron chi connectivity index (χ1n) is 13.3. The smallest absolute Gasteiger partial charge is 0.272 e. The summed E-state index contributed by atoms with van der Waals surface area (Å²) < 4.78 is 6.05. The predicted octanol–water partition coefficient (Wildman–Crippen LogP) is 3.00. The molecule has 1 amide bonds. The van der Waals surface area contributed by atoms with Gasteiger partial charge in [-0.25, -0.2) is 0 Å². The maximum absolute atomic E-state index is 12.8. The van der Waals surface area contributed by atoms with Gasteiger partial charge in [-0.3, -0.25) is 9.69 Å². The predicted molar refractivity (Wildman–Crippen MR) is 142 cm³/mol. The molecule has 1 aromatic carbocycles. The number of hydrogen-bond donors (Lipinski definition) is 2. The fraction of sp³-hybridized carbons (Fsp3) is 0.556. The summed E-state index contributed by atoms with van der Waals surface area (Å²) in [5, 5.41) is 24.6. The monoisotopic (exact) mass is 523 g/mol. The van der Waals surface area contributed by atoms with E-state index >= 15 is 0 Å². The van der Waals surface area contributed by atoms with Gasteiger partial charge in [-0.05, 0) is 62.8 Å². The number of halogens is 1. The third-order valence-electron chi connectivity index (χ3n) is 7.71. The Hall–Kier alpha value is -2.93. The number of carbonyl (C=O) groups excluding carboxylic acids is 1. The zero-order valence-corrected chi connectivity index (χ0v) is 21.8. The topological polar surface area (TPSA) is 106 Å². The summed E-state index contributed by atoms with van der Waals surface area (Å²) in [7, 11) is 0. The van der Waals surface area contributed by atoms with Gasteiger partial charge in [0.25, 0.3) is 5.91 Å². The van der Waals surface area contributed by atoms with Crippen LogP contribution in [0.25, 0.3) is 0 Å². The molecule has 2 aliphatic heterocycles. The Bertz CT molecular complexity index is 1100. The number of hydrogen-bond acceptors (Lipinski definition) is 8. The number of nitriles is 1. The summed E-state index contributed by atoms with van der Waals surface area (Å²) in [5.74, 6) is 1.33. The first-order valence-corrected chi connectivity index (χ1v) is 13.7. The third kappa shape index (κ3) is 6.50. The lowest BCUT2D eigenvalue weighted by atomic mass is 9.93. The van der Waals surface area contributed by atoms with E-state index in [1.165, 1.54) is 0 Å². The lowest BCUT2D eigenvalue weighted by Crippen LogP contribution is -2.52. The highest BCUT2D eigenvalue weighted by atomic mass is 35.5. The molecule has 1 aliphatic carbocycles. The number of piperidine rings is 1. The molecule has 0 bridgehead atoms. The van der Waals surface area contributed by atoms with Crippen molar-refractivity contribution in [3.8, 4) is 11.8 Å². The highest BCUT2D eigenvalue weighted by molar-refractivity contribution is 6.31. The number of benzene rings is 1. The zero-order valence-electron chi connectivity index (χ0n) is 21.0. The van der Waals surface area contributed by atoms with Crippen LogP contribution in [-0.2, 0) is 0 Å². The Labute approximate surface area is 223 Å². The molecular weight excluding hydrogens is 490 g/mol. The maximum atomic E-state index is 12.8. The van der Waals surface area contributed by atoms with Crippen LogP contribution >= 0.6 is 11.6 Å². The molecule has 0 unspecified atom stereocenters. The summed E-state index contributed by atoms with van der Waals surface area (Å²) >= 11 is 6.11. The van der Waals surface area contributed by atoms with Crippen molar-refractivity contribution in [2.24, 2.45) is 0 Å². The van der Waals surface area contributed by atoms with Gasteiger partial charge in [0.15, 0.2) is 11.5 Å². The van der Waals surface area contributed by atoms with Gasteiger partial charge in [-0.1, -0.05) is 11.6 Å². The highest BCUT2D eigenvalue weighted by Gasteiger charge is 2.27. The lowest BCUT2D eigenvalue weighted by molar-refractivity contribution is 0.0888. The summed E-state index contributed by atoms with van der Waals surface area (Å²) in [6.45, 7) is 6.37. The van der Waals surface area contributed by atoms with Crippen molar-refractivity contribution in [2.45, 2.75) is 56.7 Å². The first-order chi connectivity index (χ1) is 18.1. The molecule has 0 radical (unpaired) electrons. The van der Waals surface area contributed by atoms with Crippen molar-refractivity contribution in [3.05, 3.63) is 46.6 Å². The molecule has 0 spiro atoms. The Morgan fingerprint density at radius 1 is 1.03 bits per heavy atom. The van der Waals surface area contributed by atoms with E-state index in [2.05, 4.69) is 36.7 Å². The largest absolute Gasteiger partial charge is 0.490 e. The van der Waals surface area contributed by atoms with Crippen LogP contribution < -0.4 is 20.3 Å². The van der Waals surface area contributed by atoms with Gasteiger partial charge >= 0.3 is 0 Å². The fourth-order valence-corrected chi connectivity index (χ4v) is 5.77. The van der Waals surface area contributed by atoms with Gasteiger partial charge in [-0.2, -0.15) is 5.26 Å². The number of nitrogens with one attached hydrogen (secondary N) is 2. The van der Waals surface area contributed by atoms with Crippen molar-refractivity contribution in [1.29, 1.82) is 5.26 Å². The molecule has 2 saturated heterocycles. The minimum atomic E-state index is -0.181. The highest BCUT2D eigenvalue weighted by Crippen LogP contribution is 2.27. The molecule has 196 valence electrons. The summed E-state index contributed by atoms with van der Waals surface area (Å²) in [6.07, 6.45) is 5.64. The summed E-state index contributed by atoms with van der Waals surface area (Å²) in [5.41, 5.74) is 0.789. The molecule has 2 N–H and O–H groups in total. The number of piperazine rings is 1. The lowest BCUT2D eigenvalue weighted by Gasteiger charge is -2.40. The number of carbonyl (C=O) groups is 1. The average molecular weight is 524 g/mol. The Kier molecular flexibility index (Phi) is 8.39. The van der Waals surface area contributed by atoms with Crippen LogP contribution in [-0.4, -0.2) is 78.5 Å². The quantitative estimate of drug-likeness (QED) is 0.595. The van der Waals surface area contributed by atoms with Gasteiger partial charge in [-0.15, -0.1) is 10.2 Å². The number of aromatic nitrogens is 2. The molecule has 0 atom stereocenters. The van der Waals surface area contributed by atoms with E-state index in [1.807, 2.05) is 6.07 Å². The van der Waals surface area contributed by atoms with E-state index in [1.54, 1.807) is 24.3 Å². The summed E-state index contributed by atoms with van der Waals surface area (Å²) in [4.78, 5) is 17.7. The second kappa shape index (κ2) is 12.1. The van der Waals surface area contributed by atoms with Crippen molar-refractivity contribution in [2.75, 3.05) is 44.2 Å². The van der Waals surface area contributed by atoms with Crippen molar-refractivity contribution < 1.29 is 9.53 Å². The van der Waals surface area contributed by atoms with Crippen LogP contribution in [0.15, 0.2) is 30.3 Å². The van der Waals surface area contributed by atoms with Crippen molar-refractivity contribution in [3.63, 3.8) is 0 Å². The number of rotatable bonds is 6. The van der Waals surface area contributed by atoms with E-state index in [9.17, 15) is 4.79 Å². The number of anilines is 1. The fourth-order valence-electron chi connectivity index (χ4n) is 5.56. The number of ether oxygens (including phenoxy) is 1. The van der Waals surface area contributed by atoms with Crippen LogP contribution in [0.2, 0.25) is 5.02 Å². The minimum Gasteiger partial charge on any atom is -0.490 e. The molecule has 9 nitrogen and oxygen atoms in total. The van der Waals surface area contributed by atoms with E-state index in [-0.39, 0.29) is 18.1 Å². The Morgan fingerprint density at radius 3 is 2.43 bits per heavy atom. The molecule has 2 aromatic rings. The van der Waals surface area contributed by atoms with E-state index in [4.69, 9.17) is 21.6 Å². The number of amides is 1. The van der Waals surface area contributed by atoms with Crippen molar-refractivity contribution >= 4 is 23.3 Å². The SMILES string of the molecule is N#Cc1ccc(O[C@H]2CC[C@H](NC(=O)c3ccc(N4CCC(N5CCNCC5)CC4)nn3)CC2)cc1Cl. The molecule has 5 rings (SSSR count). The molecule has 1 aromatic heterocycles. The molecule has 10 heteroatoms. The average Bonchev–Trinajstić information content (AvgIpc) is 2.95. The van der Waals surface area contributed by atoms with E-state index in [0.717, 1.165) is 83.6 Å². The van der Waals surface area contributed by atoms with Gasteiger partial charge in [0.1, 0.15) is 11.8 Å². The van der Waals surface area contributed by atoms with Crippen LogP contribution in [0, 0.1) is 11.3 Å². The van der Waals surface area contributed by atoms with E-state index < -0.39 is 0 Å². The van der Waals surface area contributed by atoms with Crippen molar-refractivity contribution in [1.82, 2.24) is 25.7 Å². The molecular formula is C27H34ClN7O2. The van der Waals surface area contributed by atoms with Crippen LogP contribution in [0.3, 0.4) is 0 Å². The van der Waals surface area contributed by atoms with Gasteiger partial charge in [0.05, 0.1) is 16.7 Å². The normalized spacial score (nSPS) is 23.3. The van der Waals surface area contributed by atoms with Crippen LogP contribution in [0.4, 0.5) is 5.82 Å². The molecule has 1 saturated carbocycles. The Morgan fingerprint density at radius 2 is 1.78 bits per heavy atom. The zero-order chi connectivity index (χ0) is 25.6. The van der Waals surface area contributed by atoms with Gasteiger partial charge in [0.2, 0.25) is 0 Å². The second-order valence-electron chi connectivity index (χ2n) is 10.1. The molecule has 3 fully saturated rings. The Balaban J connectivity index is 1.06. The second-order valence-corrected chi connectivity index (χ2v) is 10.5. The first kappa shape index (κ1) is 25.7. The van der Waals surface area contributed by atoms with Crippen LogP contribution in [0.5, 0.6) is 5.75 Å².